The third-order valence-corrected chi connectivity index (χ3v) is 3.80. The van der Waals surface area contributed by atoms with Crippen LogP contribution < -0.4 is 5.43 Å². The van der Waals surface area contributed by atoms with Gasteiger partial charge in [0.05, 0.1) is 23.4 Å². The number of hydrogen-bond donors (Lipinski definition) is 2. The standard InChI is InChI=1S/C18H18N2O3/c1-4-23-18(22)16-14(13-6-5-7-19-13)17(21)12-9-10(2)8-11(3)15(12)20-16/h5-9,19H,4H2,1-3H3,(H,20,21). The highest BCUT2D eigenvalue weighted by molar-refractivity contribution is 5.99. The van der Waals surface area contributed by atoms with Crippen LogP contribution in [0.15, 0.2) is 35.3 Å². The third-order valence-electron chi connectivity index (χ3n) is 3.80. The summed E-state index contributed by atoms with van der Waals surface area (Å²) >= 11 is 0. The van der Waals surface area contributed by atoms with E-state index >= 15 is 0 Å². The molecular weight excluding hydrogens is 292 g/mol. The van der Waals surface area contributed by atoms with E-state index in [0.29, 0.717) is 22.2 Å². The fourth-order valence-corrected chi connectivity index (χ4v) is 2.85. The summed E-state index contributed by atoms with van der Waals surface area (Å²) < 4.78 is 5.11. The molecule has 2 heterocycles. The average molecular weight is 310 g/mol. The predicted octanol–water partition coefficient (Wildman–Crippen LogP) is 3.32. The molecule has 118 valence electrons. The third kappa shape index (κ3) is 2.54. The van der Waals surface area contributed by atoms with Gasteiger partial charge < -0.3 is 14.7 Å². The second-order valence-electron chi connectivity index (χ2n) is 5.51. The van der Waals surface area contributed by atoms with Crippen molar-refractivity contribution in [2.75, 3.05) is 6.61 Å². The molecule has 1 aromatic carbocycles. The lowest BCUT2D eigenvalue weighted by atomic mass is 10.0. The van der Waals surface area contributed by atoms with Gasteiger partial charge in [-0.05, 0) is 50.1 Å². The van der Waals surface area contributed by atoms with E-state index in [4.69, 9.17) is 4.74 Å². The number of aromatic nitrogens is 2. The molecule has 3 rings (SSSR count). The van der Waals surface area contributed by atoms with Gasteiger partial charge in [0.15, 0.2) is 5.43 Å². The van der Waals surface area contributed by atoms with Crippen molar-refractivity contribution in [3.05, 3.63) is 57.5 Å². The van der Waals surface area contributed by atoms with Gasteiger partial charge in [0, 0.05) is 11.6 Å². The first kappa shape index (κ1) is 15.1. The number of rotatable bonds is 3. The minimum absolute atomic E-state index is 0.179. The first-order valence-corrected chi connectivity index (χ1v) is 7.51. The van der Waals surface area contributed by atoms with Gasteiger partial charge in [-0.3, -0.25) is 4.79 Å². The van der Waals surface area contributed by atoms with Gasteiger partial charge in [-0.2, -0.15) is 0 Å². The number of benzene rings is 1. The summed E-state index contributed by atoms with van der Waals surface area (Å²) in [6, 6.07) is 7.36. The number of pyridine rings is 1. The highest BCUT2D eigenvalue weighted by Crippen LogP contribution is 2.24. The molecule has 0 aliphatic carbocycles. The lowest BCUT2D eigenvalue weighted by Crippen LogP contribution is -2.18. The lowest BCUT2D eigenvalue weighted by molar-refractivity contribution is 0.0521. The van der Waals surface area contributed by atoms with Crippen molar-refractivity contribution < 1.29 is 9.53 Å². The monoisotopic (exact) mass is 310 g/mol. The fraction of sp³-hybridized carbons (Fsp3) is 0.222. The van der Waals surface area contributed by atoms with Gasteiger partial charge in [0.25, 0.3) is 0 Å². The largest absolute Gasteiger partial charge is 0.461 e. The molecule has 2 N–H and O–H groups in total. The van der Waals surface area contributed by atoms with E-state index in [2.05, 4.69) is 9.97 Å². The number of aromatic amines is 2. The molecule has 0 radical (unpaired) electrons. The van der Waals surface area contributed by atoms with Crippen LogP contribution in [-0.2, 0) is 4.74 Å². The molecule has 0 aliphatic heterocycles. The van der Waals surface area contributed by atoms with Crippen molar-refractivity contribution in [1.82, 2.24) is 9.97 Å². The Morgan fingerprint density at radius 3 is 2.70 bits per heavy atom. The van der Waals surface area contributed by atoms with Crippen molar-refractivity contribution in [2.24, 2.45) is 0 Å². The number of fused-ring (bicyclic) bond motifs is 1. The molecule has 0 amide bonds. The average Bonchev–Trinajstić information content (AvgIpc) is 3.02. The van der Waals surface area contributed by atoms with Crippen LogP contribution in [-0.4, -0.2) is 22.5 Å². The first-order chi connectivity index (χ1) is 11.0. The molecule has 0 aliphatic rings. The first-order valence-electron chi connectivity index (χ1n) is 7.51. The Morgan fingerprint density at radius 1 is 1.26 bits per heavy atom. The molecule has 0 saturated carbocycles. The van der Waals surface area contributed by atoms with E-state index < -0.39 is 5.97 Å². The summed E-state index contributed by atoms with van der Waals surface area (Å²) in [6.45, 7) is 5.84. The Morgan fingerprint density at radius 2 is 2.04 bits per heavy atom. The van der Waals surface area contributed by atoms with Gasteiger partial charge in [-0.15, -0.1) is 0 Å². The number of ether oxygens (including phenoxy) is 1. The summed E-state index contributed by atoms with van der Waals surface area (Å²) in [4.78, 5) is 31.4. The summed E-state index contributed by atoms with van der Waals surface area (Å²) in [6.07, 6.45) is 1.72. The van der Waals surface area contributed by atoms with Gasteiger partial charge in [0.1, 0.15) is 5.69 Å². The molecule has 0 bridgehead atoms. The number of nitrogens with one attached hydrogen (secondary N) is 2. The number of carbonyl (C=O) groups is 1. The summed E-state index contributed by atoms with van der Waals surface area (Å²) in [5, 5.41) is 0.570. The molecule has 0 unspecified atom stereocenters. The van der Waals surface area contributed by atoms with E-state index in [1.807, 2.05) is 26.0 Å². The van der Waals surface area contributed by atoms with Crippen LogP contribution in [0.2, 0.25) is 0 Å². The number of carbonyl (C=O) groups excluding carboxylic acids is 1. The van der Waals surface area contributed by atoms with E-state index in [1.165, 1.54) is 0 Å². The second kappa shape index (κ2) is 5.76. The Balaban J connectivity index is 2.42. The van der Waals surface area contributed by atoms with Crippen LogP contribution in [0, 0.1) is 13.8 Å². The zero-order valence-electron chi connectivity index (χ0n) is 13.3. The van der Waals surface area contributed by atoms with Crippen molar-refractivity contribution >= 4 is 16.9 Å². The molecule has 2 aromatic heterocycles. The maximum absolute atomic E-state index is 13.0. The number of hydrogen-bond acceptors (Lipinski definition) is 3. The molecule has 5 nitrogen and oxygen atoms in total. The normalized spacial score (nSPS) is 10.9. The fourth-order valence-electron chi connectivity index (χ4n) is 2.85. The van der Waals surface area contributed by atoms with Crippen LogP contribution in [0.1, 0.15) is 28.5 Å². The van der Waals surface area contributed by atoms with Gasteiger partial charge >= 0.3 is 5.97 Å². The van der Waals surface area contributed by atoms with Crippen LogP contribution in [0.3, 0.4) is 0 Å². The Kier molecular flexibility index (Phi) is 3.78. The molecule has 23 heavy (non-hydrogen) atoms. The Bertz CT molecular complexity index is 937. The predicted molar refractivity (Wildman–Crippen MR) is 89.8 cm³/mol. The van der Waals surface area contributed by atoms with Gasteiger partial charge in [-0.25, -0.2) is 4.79 Å². The van der Waals surface area contributed by atoms with Crippen molar-refractivity contribution in [2.45, 2.75) is 20.8 Å². The molecule has 5 heteroatoms. The van der Waals surface area contributed by atoms with Crippen LogP contribution in [0.25, 0.3) is 22.2 Å². The molecule has 0 saturated heterocycles. The van der Waals surface area contributed by atoms with Gasteiger partial charge in [0.2, 0.25) is 0 Å². The molecule has 0 fully saturated rings. The zero-order chi connectivity index (χ0) is 16.6. The summed E-state index contributed by atoms with van der Waals surface area (Å²) in [5.41, 5.74) is 3.48. The summed E-state index contributed by atoms with van der Waals surface area (Å²) in [5.74, 6) is -0.531. The number of H-pyrrole nitrogens is 2. The van der Waals surface area contributed by atoms with Crippen molar-refractivity contribution in [1.29, 1.82) is 0 Å². The molecule has 3 aromatic rings. The number of esters is 1. The van der Waals surface area contributed by atoms with Crippen LogP contribution in [0.4, 0.5) is 0 Å². The number of aryl methyl sites for hydroxylation is 2. The minimum atomic E-state index is -0.531. The van der Waals surface area contributed by atoms with Crippen molar-refractivity contribution in [3.63, 3.8) is 0 Å². The maximum Gasteiger partial charge on any atom is 0.355 e. The van der Waals surface area contributed by atoms with E-state index in [1.54, 1.807) is 25.3 Å². The quantitative estimate of drug-likeness (QED) is 0.729. The topological polar surface area (TPSA) is 75.0 Å². The molecule has 0 spiro atoms. The Hall–Kier alpha value is -2.82. The maximum atomic E-state index is 13.0. The van der Waals surface area contributed by atoms with Crippen molar-refractivity contribution in [3.8, 4) is 11.3 Å². The van der Waals surface area contributed by atoms with E-state index in [-0.39, 0.29) is 17.7 Å². The molecular formula is C18H18N2O3. The Labute approximate surface area is 133 Å². The van der Waals surface area contributed by atoms with Crippen LogP contribution >= 0.6 is 0 Å². The SMILES string of the molecule is CCOC(=O)c1[nH]c2c(C)cc(C)cc2c(=O)c1-c1ccc[nH]1. The molecule has 0 atom stereocenters. The summed E-state index contributed by atoms with van der Waals surface area (Å²) in [7, 11) is 0. The second-order valence-corrected chi connectivity index (χ2v) is 5.51. The highest BCUT2D eigenvalue weighted by atomic mass is 16.5. The van der Waals surface area contributed by atoms with E-state index in [0.717, 1.165) is 11.1 Å². The van der Waals surface area contributed by atoms with Crippen LogP contribution in [0.5, 0.6) is 0 Å². The zero-order valence-corrected chi connectivity index (χ0v) is 13.3. The smallest absolute Gasteiger partial charge is 0.355 e. The lowest BCUT2D eigenvalue weighted by Gasteiger charge is -2.12. The highest BCUT2D eigenvalue weighted by Gasteiger charge is 2.21. The van der Waals surface area contributed by atoms with Gasteiger partial charge in [-0.1, -0.05) is 6.07 Å². The van der Waals surface area contributed by atoms with E-state index in [9.17, 15) is 9.59 Å². The minimum Gasteiger partial charge on any atom is -0.461 e.